The molecular formula is C6H10F4O. The van der Waals surface area contributed by atoms with Crippen LogP contribution in [0.1, 0.15) is 13.3 Å². The Labute approximate surface area is 62.3 Å². The van der Waals surface area contributed by atoms with Gasteiger partial charge in [-0.25, -0.2) is 17.6 Å². The molecule has 0 rings (SSSR count). The molecule has 11 heavy (non-hydrogen) atoms. The molecule has 0 saturated heterocycles. The van der Waals surface area contributed by atoms with E-state index < -0.39 is 19.0 Å². The molecule has 0 heterocycles. The summed E-state index contributed by atoms with van der Waals surface area (Å²) in [6.45, 7) is 1.62. The lowest BCUT2D eigenvalue weighted by Gasteiger charge is -2.12. The van der Waals surface area contributed by atoms with Gasteiger partial charge in [0.2, 0.25) is 12.5 Å². The highest BCUT2D eigenvalue weighted by atomic mass is 19.3. The minimum atomic E-state index is -3.32. The third-order valence-electron chi connectivity index (χ3n) is 0.972. The minimum Gasteiger partial charge on any atom is -0.346 e. The highest BCUT2D eigenvalue weighted by molar-refractivity contribution is 4.61. The van der Waals surface area contributed by atoms with Crippen molar-refractivity contribution in [1.82, 2.24) is 0 Å². The molecule has 5 heteroatoms. The van der Waals surface area contributed by atoms with Gasteiger partial charge < -0.3 is 4.74 Å². The van der Waals surface area contributed by atoms with Crippen LogP contribution < -0.4 is 0 Å². The second-order valence-electron chi connectivity index (χ2n) is 2.00. The van der Waals surface area contributed by atoms with Crippen LogP contribution in [0.15, 0.2) is 0 Å². The van der Waals surface area contributed by atoms with Crippen molar-refractivity contribution < 1.29 is 22.3 Å². The molecule has 0 saturated carbocycles. The van der Waals surface area contributed by atoms with E-state index in [0.29, 0.717) is 6.42 Å². The molecule has 0 N–H and O–H groups in total. The van der Waals surface area contributed by atoms with E-state index in [9.17, 15) is 17.6 Å². The van der Waals surface area contributed by atoms with Gasteiger partial charge in [-0.2, -0.15) is 0 Å². The maximum absolute atomic E-state index is 12.2. The van der Waals surface area contributed by atoms with Crippen LogP contribution in [-0.4, -0.2) is 25.6 Å². The SMILES string of the molecule is CCCOC(F)C(F)C(F)F. The molecule has 2 unspecified atom stereocenters. The molecule has 0 bridgehead atoms. The fourth-order valence-corrected chi connectivity index (χ4v) is 0.437. The second-order valence-corrected chi connectivity index (χ2v) is 2.00. The first-order valence-electron chi connectivity index (χ1n) is 3.27. The Kier molecular flexibility index (Phi) is 5.19. The fourth-order valence-electron chi connectivity index (χ4n) is 0.437. The topological polar surface area (TPSA) is 9.23 Å². The number of rotatable bonds is 5. The van der Waals surface area contributed by atoms with Crippen LogP contribution in [0.4, 0.5) is 17.6 Å². The van der Waals surface area contributed by atoms with Gasteiger partial charge in [0, 0.05) is 6.61 Å². The lowest BCUT2D eigenvalue weighted by Crippen LogP contribution is -2.27. The predicted octanol–water partition coefficient (Wildman–Crippen LogP) is 2.31. The first-order chi connectivity index (χ1) is 5.09. The van der Waals surface area contributed by atoms with Gasteiger partial charge in [0.25, 0.3) is 6.43 Å². The summed E-state index contributed by atoms with van der Waals surface area (Å²) in [6.07, 6.45) is -8.19. The number of alkyl halides is 4. The summed E-state index contributed by atoms with van der Waals surface area (Å²) in [7, 11) is 0. The first-order valence-corrected chi connectivity index (χ1v) is 3.27. The Hall–Kier alpha value is -0.320. The van der Waals surface area contributed by atoms with Crippen LogP contribution in [-0.2, 0) is 4.74 Å². The van der Waals surface area contributed by atoms with Gasteiger partial charge in [-0.15, -0.1) is 0 Å². The molecule has 0 amide bonds. The number of halogens is 4. The van der Waals surface area contributed by atoms with Gasteiger partial charge in [-0.3, -0.25) is 0 Å². The first kappa shape index (κ1) is 10.7. The molecule has 68 valence electrons. The maximum atomic E-state index is 12.2. The second kappa shape index (κ2) is 5.35. The van der Waals surface area contributed by atoms with Crippen LogP contribution in [0.25, 0.3) is 0 Å². The zero-order chi connectivity index (χ0) is 8.85. The zero-order valence-electron chi connectivity index (χ0n) is 6.07. The summed E-state index contributed by atoms with van der Waals surface area (Å²) >= 11 is 0. The Morgan fingerprint density at radius 2 is 1.73 bits per heavy atom. The third-order valence-corrected chi connectivity index (χ3v) is 0.972. The molecule has 1 nitrogen and oxygen atoms in total. The molecular weight excluding hydrogens is 164 g/mol. The molecule has 0 radical (unpaired) electrons. The summed E-state index contributed by atoms with van der Waals surface area (Å²) in [4.78, 5) is 0. The highest BCUT2D eigenvalue weighted by Gasteiger charge is 2.30. The van der Waals surface area contributed by atoms with Crippen LogP contribution >= 0.6 is 0 Å². The summed E-state index contributed by atoms with van der Waals surface area (Å²) in [5.74, 6) is 0. The monoisotopic (exact) mass is 174 g/mol. The molecule has 0 aromatic carbocycles. The van der Waals surface area contributed by atoms with Gasteiger partial charge in [0.05, 0.1) is 0 Å². The molecule has 2 atom stereocenters. The Bertz CT molecular complexity index is 98.6. The maximum Gasteiger partial charge on any atom is 0.274 e. The predicted molar refractivity (Wildman–Crippen MR) is 32.0 cm³/mol. The average Bonchev–Trinajstić information content (AvgIpc) is 1.98. The van der Waals surface area contributed by atoms with Crippen molar-refractivity contribution in [2.75, 3.05) is 6.61 Å². The van der Waals surface area contributed by atoms with Crippen molar-refractivity contribution in [3.8, 4) is 0 Å². The molecule has 0 aliphatic heterocycles. The molecule has 0 aromatic heterocycles. The standard InChI is InChI=1S/C6H10F4O/c1-2-3-11-6(10)4(7)5(8)9/h4-6H,2-3H2,1H3. The van der Waals surface area contributed by atoms with Gasteiger partial charge >= 0.3 is 0 Å². The normalized spacial score (nSPS) is 16.9. The summed E-state index contributed by atoms with van der Waals surface area (Å²) in [5.41, 5.74) is 0. The van der Waals surface area contributed by atoms with E-state index in [-0.39, 0.29) is 6.61 Å². The van der Waals surface area contributed by atoms with Crippen LogP contribution in [0, 0.1) is 0 Å². The van der Waals surface area contributed by atoms with Crippen LogP contribution in [0.5, 0.6) is 0 Å². The van der Waals surface area contributed by atoms with Crippen molar-refractivity contribution in [3.05, 3.63) is 0 Å². The number of ether oxygens (including phenoxy) is 1. The van der Waals surface area contributed by atoms with E-state index in [1.165, 1.54) is 0 Å². The average molecular weight is 174 g/mol. The molecule has 0 aromatic rings. The zero-order valence-corrected chi connectivity index (χ0v) is 6.07. The minimum absolute atomic E-state index is 0.0473. The number of hydrogen-bond donors (Lipinski definition) is 0. The summed E-state index contributed by atoms with van der Waals surface area (Å²) < 4.78 is 51.1. The van der Waals surface area contributed by atoms with Crippen LogP contribution in [0.2, 0.25) is 0 Å². The van der Waals surface area contributed by atoms with Crippen LogP contribution in [0.3, 0.4) is 0 Å². The van der Waals surface area contributed by atoms with E-state index in [2.05, 4.69) is 4.74 Å². The Morgan fingerprint density at radius 1 is 1.18 bits per heavy atom. The molecule has 0 fully saturated rings. The fraction of sp³-hybridized carbons (Fsp3) is 1.00. The van der Waals surface area contributed by atoms with Gasteiger partial charge in [0.15, 0.2) is 0 Å². The summed E-state index contributed by atoms with van der Waals surface area (Å²) in [6, 6.07) is 0. The molecule has 0 spiro atoms. The quantitative estimate of drug-likeness (QED) is 0.581. The van der Waals surface area contributed by atoms with E-state index in [0.717, 1.165) is 0 Å². The Balaban J connectivity index is 3.55. The van der Waals surface area contributed by atoms with E-state index in [4.69, 9.17) is 0 Å². The van der Waals surface area contributed by atoms with Crippen molar-refractivity contribution in [3.63, 3.8) is 0 Å². The van der Waals surface area contributed by atoms with Crippen molar-refractivity contribution >= 4 is 0 Å². The van der Waals surface area contributed by atoms with Gasteiger partial charge in [-0.05, 0) is 6.42 Å². The smallest absolute Gasteiger partial charge is 0.274 e. The lowest BCUT2D eigenvalue weighted by molar-refractivity contribution is -0.127. The van der Waals surface area contributed by atoms with E-state index >= 15 is 0 Å². The van der Waals surface area contributed by atoms with Gasteiger partial charge in [-0.1, -0.05) is 6.92 Å². The van der Waals surface area contributed by atoms with Gasteiger partial charge in [0.1, 0.15) is 0 Å². The van der Waals surface area contributed by atoms with E-state index in [1.807, 2.05) is 0 Å². The highest BCUT2D eigenvalue weighted by Crippen LogP contribution is 2.14. The Morgan fingerprint density at radius 3 is 2.09 bits per heavy atom. The van der Waals surface area contributed by atoms with Crippen molar-refractivity contribution in [1.29, 1.82) is 0 Å². The largest absolute Gasteiger partial charge is 0.346 e. The third kappa shape index (κ3) is 4.19. The number of hydrogen-bond acceptors (Lipinski definition) is 1. The van der Waals surface area contributed by atoms with E-state index in [1.54, 1.807) is 6.92 Å². The van der Waals surface area contributed by atoms with Crippen molar-refractivity contribution in [2.24, 2.45) is 0 Å². The molecule has 0 aliphatic rings. The summed E-state index contributed by atoms with van der Waals surface area (Å²) in [5, 5.41) is 0. The lowest BCUT2D eigenvalue weighted by atomic mass is 10.4. The van der Waals surface area contributed by atoms with Crippen molar-refractivity contribution in [2.45, 2.75) is 32.3 Å². The molecule has 0 aliphatic carbocycles.